The van der Waals surface area contributed by atoms with Crippen LogP contribution in [-0.2, 0) is 10.0 Å². The van der Waals surface area contributed by atoms with Crippen molar-refractivity contribution in [2.45, 2.75) is 44.9 Å². The standard InChI is InChI=1S/C10H22N2O2S/c1-8-5-9(7-11-6-8)12-15(13,14)10(2,3)4/h8-9,11-12H,5-7H2,1-4H3. The average molecular weight is 234 g/mol. The number of piperidine rings is 1. The van der Waals surface area contributed by atoms with Gasteiger partial charge < -0.3 is 5.32 Å². The summed E-state index contributed by atoms with van der Waals surface area (Å²) in [6, 6.07) is 0.0398. The Morgan fingerprint density at radius 1 is 1.27 bits per heavy atom. The first-order valence-corrected chi connectivity index (χ1v) is 6.93. The van der Waals surface area contributed by atoms with Crippen molar-refractivity contribution in [3.8, 4) is 0 Å². The summed E-state index contributed by atoms with van der Waals surface area (Å²) >= 11 is 0. The molecule has 4 nitrogen and oxygen atoms in total. The number of rotatable bonds is 2. The van der Waals surface area contributed by atoms with Crippen LogP contribution in [0, 0.1) is 5.92 Å². The third-order valence-corrected chi connectivity index (χ3v) is 4.95. The summed E-state index contributed by atoms with van der Waals surface area (Å²) in [5.74, 6) is 0.534. The fourth-order valence-electron chi connectivity index (χ4n) is 1.64. The topological polar surface area (TPSA) is 58.2 Å². The van der Waals surface area contributed by atoms with Crippen LogP contribution >= 0.6 is 0 Å². The SMILES string of the molecule is CC1CNCC(NS(=O)(=O)C(C)(C)C)C1. The summed E-state index contributed by atoms with van der Waals surface area (Å²) in [7, 11) is -3.21. The molecule has 1 aliphatic heterocycles. The second-order valence-corrected chi connectivity index (χ2v) is 7.90. The van der Waals surface area contributed by atoms with E-state index < -0.39 is 14.8 Å². The van der Waals surface area contributed by atoms with E-state index in [0.29, 0.717) is 5.92 Å². The van der Waals surface area contributed by atoms with Crippen LogP contribution in [0.4, 0.5) is 0 Å². The highest BCUT2D eigenvalue weighted by molar-refractivity contribution is 7.90. The Balaban J connectivity index is 2.62. The molecular formula is C10H22N2O2S. The largest absolute Gasteiger partial charge is 0.315 e. The molecule has 15 heavy (non-hydrogen) atoms. The third-order valence-electron chi connectivity index (χ3n) is 2.70. The molecule has 2 N–H and O–H groups in total. The van der Waals surface area contributed by atoms with Crippen LogP contribution in [0.15, 0.2) is 0 Å². The highest BCUT2D eigenvalue weighted by Gasteiger charge is 2.32. The first-order valence-electron chi connectivity index (χ1n) is 5.45. The molecule has 1 aliphatic rings. The summed E-state index contributed by atoms with van der Waals surface area (Å²) in [6.07, 6.45) is 0.919. The lowest BCUT2D eigenvalue weighted by molar-refractivity contribution is 0.344. The molecule has 0 bridgehead atoms. The van der Waals surface area contributed by atoms with Crippen LogP contribution in [-0.4, -0.2) is 32.3 Å². The van der Waals surface area contributed by atoms with Gasteiger partial charge in [0.2, 0.25) is 10.0 Å². The summed E-state index contributed by atoms with van der Waals surface area (Å²) in [5.41, 5.74) is 0. The Hall–Kier alpha value is -0.130. The number of nitrogens with one attached hydrogen (secondary N) is 2. The average Bonchev–Trinajstić information content (AvgIpc) is 2.00. The summed E-state index contributed by atoms with van der Waals surface area (Å²) in [6.45, 7) is 9.00. The molecular weight excluding hydrogens is 212 g/mol. The normalized spacial score (nSPS) is 29.1. The molecule has 90 valence electrons. The zero-order valence-electron chi connectivity index (χ0n) is 10.0. The molecule has 2 atom stereocenters. The molecule has 1 fully saturated rings. The van der Waals surface area contributed by atoms with E-state index in [1.165, 1.54) is 0 Å². The molecule has 0 saturated carbocycles. The zero-order valence-corrected chi connectivity index (χ0v) is 10.8. The van der Waals surface area contributed by atoms with Gasteiger partial charge in [0.25, 0.3) is 0 Å². The lowest BCUT2D eigenvalue weighted by atomic mass is 9.99. The molecule has 1 rings (SSSR count). The quantitative estimate of drug-likeness (QED) is 0.739. The highest BCUT2D eigenvalue weighted by Crippen LogP contribution is 2.17. The lowest BCUT2D eigenvalue weighted by Gasteiger charge is -2.31. The minimum atomic E-state index is -3.21. The Kier molecular flexibility index (Phi) is 3.79. The van der Waals surface area contributed by atoms with Gasteiger partial charge in [-0.3, -0.25) is 0 Å². The van der Waals surface area contributed by atoms with Gasteiger partial charge >= 0.3 is 0 Å². The van der Waals surface area contributed by atoms with E-state index >= 15 is 0 Å². The van der Waals surface area contributed by atoms with Crippen LogP contribution in [0.5, 0.6) is 0 Å². The Labute approximate surface area is 92.9 Å². The van der Waals surface area contributed by atoms with Gasteiger partial charge in [0.05, 0.1) is 4.75 Å². The van der Waals surface area contributed by atoms with Crippen LogP contribution in [0.25, 0.3) is 0 Å². The zero-order chi connectivity index (χ0) is 11.7. The first kappa shape index (κ1) is 12.9. The van der Waals surface area contributed by atoms with Crippen LogP contribution in [0.2, 0.25) is 0 Å². The van der Waals surface area contributed by atoms with Gasteiger partial charge in [-0.25, -0.2) is 13.1 Å². The molecule has 0 aromatic carbocycles. The van der Waals surface area contributed by atoms with Crippen LogP contribution in [0.3, 0.4) is 0 Å². The monoisotopic (exact) mass is 234 g/mol. The fraction of sp³-hybridized carbons (Fsp3) is 1.00. The van der Waals surface area contributed by atoms with Crippen molar-refractivity contribution in [1.82, 2.24) is 10.0 Å². The number of hydrogen-bond acceptors (Lipinski definition) is 3. The van der Waals surface area contributed by atoms with E-state index in [1.54, 1.807) is 20.8 Å². The smallest absolute Gasteiger partial charge is 0.216 e. The molecule has 1 heterocycles. The van der Waals surface area contributed by atoms with Crippen molar-refractivity contribution in [3.05, 3.63) is 0 Å². The molecule has 2 unspecified atom stereocenters. The number of sulfonamides is 1. The van der Waals surface area contributed by atoms with E-state index in [1.807, 2.05) is 0 Å². The number of hydrogen-bond donors (Lipinski definition) is 2. The van der Waals surface area contributed by atoms with Crippen molar-refractivity contribution >= 4 is 10.0 Å². The maximum Gasteiger partial charge on any atom is 0.216 e. The fourth-order valence-corrected chi connectivity index (χ4v) is 2.61. The van der Waals surface area contributed by atoms with Crippen LogP contribution < -0.4 is 10.0 Å². The Morgan fingerprint density at radius 2 is 1.87 bits per heavy atom. The van der Waals surface area contributed by atoms with E-state index in [2.05, 4.69) is 17.0 Å². The van der Waals surface area contributed by atoms with Crippen molar-refractivity contribution in [2.75, 3.05) is 13.1 Å². The van der Waals surface area contributed by atoms with Crippen LogP contribution in [0.1, 0.15) is 34.1 Å². The minimum Gasteiger partial charge on any atom is -0.315 e. The Morgan fingerprint density at radius 3 is 2.33 bits per heavy atom. The van der Waals surface area contributed by atoms with Gasteiger partial charge in [0.1, 0.15) is 0 Å². The minimum absolute atomic E-state index is 0.0398. The second-order valence-electron chi connectivity index (χ2n) is 5.43. The molecule has 0 aromatic rings. The van der Waals surface area contributed by atoms with E-state index in [4.69, 9.17) is 0 Å². The molecule has 0 aliphatic carbocycles. The molecule has 0 spiro atoms. The third kappa shape index (κ3) is 3.43. The highest BCUT2D eigenvalue weighted by atomic mass is 32.2. The van der Waals surface area contributed by atoms with Gasteiger partial charge in [-0.15, -0.1) is 0 Å². The van der Waals surface area contributed by atoms with Crippen molar-refractivity contribution < 1.29 is 8.42 Å². The summed E-state index contributed by atoms with van der Waals surface area (Å²) in [4.78, 5) is 0. The second kappa shape index (κ2) is 4.39. The molecule has 0 aromatic heterocycles. The van der Waals surface area contributed by atoms with Crippen molar-refractivity contribution in [1.29, 1.82) is 0 Å². The van der Waals surface area contributed by atoms with Crippen molar-refractivity contribution in [2.24, 2.45) is 5.92 Å². The van der Waals surface area contributed by atoms with Gasteiger partial charge in [0, 0.05) is 12.6 Å². The molecule has 0 amide bonds. The predicted molar refractivity (Wildman–Crippen MR) is 62.2 cm³/mol. The van der Waals surface area contributed by atoms with Gasteiger partial charge in [-0.1, -0.05) is 6.92 Å². The summed E-state index contributed by atoms with van der Waals surface area (Å²) in [5, 5.41) is 3.23. The van der Waals surface area contributed by atoms with E-state index in [9.17, 15) is 8.42 Å². The molecule has 5 heteroatoms. The maximum absolute atomic E-state index is 11.9. The lowest BCUT2D eigenvalue weighted by Crippen LogP contribution is -2.52. The van der Waals surface area contributed by atoms with Crippen molar-refractivity contribution in [3.63, 3.8) is 0 Å². The van der Waals surface area contributed by atoms with Gasteiger partial charge in [0.15, 0.2) is 0 Å². The van der Waals surface area contributed by atoms with Gasteiger partial charge in [-0.05, 0) is 39.7 Å². The first-order chi connectivity index (χ1) is 6.72. The summed E-state index contributed by atoms with van der Waals surface area (Å²) < 4.78 is 25.8. The van der Waals surface area contributed by atoms with E-state index in [0.717, 1.165) is 19.5 Å². The molecule has 1 saturated heterocycles. The van der Waals surface area contributed by atoms with E-state index in [-0.39, 0.29) is 6.04 Å². The van der Waals surface area contributed by atoms with Gasteiger partial charge in [-0.2, -0.15) is 0 Å². The Bertz CT molecular complexity index is 306. The molecule has 0 radical (unpaired) electrons. The maximum atomic E-state index is 11.9. The predicted octanol–water partition coefficient (Wildman–Crippen LogP) is 0.702.